The number of nitrogens with zero attached hydrogens (tertiary/aromatic N) is 2. The van der Waals surface area contributed by atoms with Gasteiger partial charge in [0.25, 0.3) is 5.91 Å². The average Bonchev–Trinajstić information content (AvgIpc) is 3.46. The monoisotopic (exact) mass is 479 g/mol. The number of urea groups is 1. The highest BCUT2D eigenvalue weighted by atomic mass is 16.5. The molecular formula is C25H25N3O7. The summed E-state index contributed by atoms with van der Waals surface area (Å²) in [7, 11) is 4.53. The number of hydrogen-bond donors (Lipinski definition) is 1. The van der Waals surface area contributed by atoms with E-state index in [1.165, 1.54) is 32.5 Å². The average molecular weight is 479 g/mol. The third kappa shape index (κ3) is 5.06. The van der Waals surface area contributed by atoms with E-state index in [1.54, 1.807) is 54.6 Å². The van der Waals surface area contributed by atoms with Crippen molar-refractivity contribution in [3.63, 3.8) is 0 Å². The van der Waals surface area contributed by atoms with Crippen molar-refractivity contribution in [3.8, 4) is 17.2 Å². The van der Waals surface area contributed by atoms with Gasteiger partial charge < -0.3 is 28.8 Å². The van der Waals surface area contributed by atoms with Crippen LogP contribution in [0.25, 0.3) is 0 Å². The second kappa shape index (κ2) is 10.2. The Morgan fingerprint density at radius 1 is 0.943 bits per heavy atom. The smallest absolute Gasteiger partial charge is 0.332 e. The predicted molar refractivity (Wildman–Crippen MR) is 127 cm³/mol. The van der Waals surface area contributed by atoms with Crippen molar-refractivity contribution in [1.82, 2.24) is 4.90 Å². The normalized spacial score (nSPS) is 15.3. The Morgan fingerprint density at radius 2 is 1.60 bits per heavy atom. The maximum Gasteiger partial charge on any atom is 0.332 e. The Bertz CT molecular complexity index is 1190. The number of amides is 4. The molecule has 1 unspecified atom stereocenters. The van der Waals surface area contributed by atoms with Gasteiger partial charge in [0.15, 0.2) is 0 Å². The highest BCUT2D eigenvalue weighted by molar-refractivity contribution is 6.22. The van der Waals surface area contributed by atoms with Crippen LogP contribution in [0.5, 0.6) is 17.2 Å². The van der Waals surface area contributed by atoms with Gasteiger partial charge in [0, 0.05) is 23.9 Å². The molecule has 1 saturated heterocycles. The molecule has 1 fully saturated rings. The summed E-state index contributed by atoms with van der Waals surface area (Å²) in [5.74, 6) is 1.11. The van der Waals surface area contributed by atoms with Gasteiger partial charge in [0.05, 0.1) is 46.2 Å². The van der Waals surface area contributed by atoms with Crippen molar-refractivity contribution in [2.24, 2.45) is 0 Å². The van der Waals surface area contributed by atoms with E-state index < -0.39 is 23.9 Å². The van der Waals surface area contributed by atoms with Crippen LogP contribution in [0.2, 0.25) is 0 Å². The van der Waals surface area contributed by atoms with E-state index in [1.807, 2.05) is 0 Å². The number of hydrogen-bond acceptors (Lipinski definition) is 7. The molecule has 0 radical (unpaired) electrons. The Hall–Kier alpha value is -4.47. The lowest BCUT2D eigenvalue weighted by Crippen LogP contribution is -2.37. The number of nitrogens with one attached hydrogen (secondary N) is 1. The number of anilines is 2. The molecule has 10 heteroatoms. The van der Waals surface area contributed by atoms with Crippen LogP contribution >= 0.6 is 0 Å². The molecule has 3 aromatic rings. The van der Waals surface area contributed by atoms with Crippen LogP contribution in [0.4, 0.5) is 16.2 Å². The van der Waals surface area contributed by atoms with Gasteiger partial charge in [-0.3, -0.25) is 9.59 Å². The molecule has 1 atom stereocenters. The van der Waals surface area contributed by atoms with Crippen molar-refractivity contribution < 1.29 is 33.0 Å². The molecule has 10 nitrogen and oxygen atoms in total. The lowest BCUT2D eigenvalue weighted by molar-refractivity contribution is -0.124. The molecule has 4 rings (SSSR count). The lowest BCUT2D eigenvalue weighted by atomic mass is 10.1. The molecule has 0 spiro atoms. The second-order valence-corrected chi connectivity index (χ2v) is 7.73. The Kier molecular flexibility index (Phi) is 6.91. The summed E-state index contributed by atoms with van der Waals surface area (Å²) >= 11 is 0. The molecule has 0 bridgehead atoms. The standard InChI is InChI=1S/C25H25N3O7/c1-32-18-8-6-17(7-9-18)28-24(30)22(27(25(28)31)15-19-5-4-10-35-19)14-23(29)26-16-11-20(33-2)13-21(12-16)34-3/h4-13,22H,14-15H2,1-3H3,(H,26,29). The van der Waals surface area contributed by atoms with E-state index in [4.69, 9.17) is 18.6 Å². The van der Waals surface area contributed by atoms with Crippen LogP contribution in [-0.4, -0.2) is 50.1 Å². The molecule has 35 heavy (non-hydrogen) atoms. The number of furan rings is 1. The van der Waals surface area contributed by atoms with E-state index in [2.05, 4.69) is 5.32 Å². The largest absolute Gasteiger partial charge is 0.497 e. The van der Waals surface area contributed by atoms with Gasteiger partial charge in [0.1, 0.15) is 29.1 Å². The first-order chi connectivity index (χ1) is 16.9. The number of methoxy groups -OCH3 is 3. The summed E-state index contributed by atoms with van der Waals surface area (Å²) in [5.41, 5.74) is 0.818. The van der Waals surface area contributed by atoms with Crippen LogP contribution < -0.4 is 24.4 Å². The van der Waals surface area contributed by atoms with Crippen LogP contribution in [0.1, 0.15) is 12.2 Å². The lowest BCUT2D eigenvalue weighted by Gasteiger charge is -2.20. The molecule has 4 amide bonds. The van der Waals surface area contributed by atoms with Gasteiger partial charge in [0.2, 0.25) is 5.91 Å². The van der Waals surface area contributed by atoms with Crippen LogP contribution in [0, 0.1) is 0 Å². The van der Waals surface area contributed by atoms with Gasteiger partial charge in [-0.2, -0.15) is 0 Å². The fourth-order valence-electron chi connectivity index (χ4n) is 3.82. The van der Waals surface area contributed by atoms with Gasteiger partial charge in [-0.05, 0) is 36.4 Å². The molecular weight excluding hydrogens is 454 g/mol. The van der Waals surface area contributed by atoms with Gasteiger partial charge in [-0.1, -0.05) is 0 Å². The topological polar surface area (TPSA) is 111 Å². The SMILES string of the molecule is COc1ccc(N2C(=O)C(CC(=O)Nc3cc(OC)cc(OC)c3)N(Cc3ccco3)C2=O)cc1. The Balaban J connectivity index is 1.58. The second-order valence-electron chi connectivity index (χ2n) is 7.73. The third-order valence-electron chi connectivity index (χ3n) is 5.57. The van der Waals surface area contributed by atoms with Gasteiger partial charge in [-0.25, -0.2) is 9.69 Å². The zero-order valence-corrected chi connectivity index (χ0v) is 19.5. The van der Waals surface area contributed by atoms with Gasteiger partial charge >= 0.3 is 6.03 Å². The van der Waals surface area contributed by atoms with Crippen molar-refractivity contribution in [3.05, 3.63) is 66.6 Å². The highest BCUT2D eigenvalue weighted by Crippen LogP contribution is 2.31. The van der Waals surface area contributed by atoms with Crippen molar-refractivity contribution in [2.45, 2.75) is 19.0 Å². The minimum atomic E-state index is -1.03. The number of carbonyl (C=O) groups excluding carboxylic acids is 3. The molecule has 1 aliphatic rings. The molecule has 182 valence electrons. The first-order valence-corrected chi connectivity index (χ1v) is 10.8. The number of rotatable bonds is 9. The summed E-state index contributed by atoms with van der Waals surface area (Å²) in [5, 5.41) is 2.76. The quantitative estimate of drug-likeness (QED) is 0.466. The van der Waals surface area contributed by atoms with Gasteiger partial charge in [-0.15, -0.1) is 0 Å². The first-order valence-electron chi connectivity index (χ1n) is 10.8. The van der Waals surface area contributed by atoms with E-state index in [-0.39, 0.29) is 13.0 Å². The maximum absolute atomic E-state index is 13.4. The summed E-state index contributed by atoms with van der Waals surface area (Å²) in [4.78, 5) is 42.0. The number of imide groups is 1. The maximum atomic E-state index is 13.4. The molecule has 1 aliphatic heterocycles. The number of carbonyl (C=O) groups is 3. The van der Waals surface area contributed by atoms with E-state index in [0.717, 1.165) is 4.90 Å². The summed E-state index contributed by atoms with van der Waals surface area (Å²) in [6, 6.07) is 13.3. The predicted octanol–water partition coefficient (Wildman–Crippen LogP) is 3.67. The third-order valence-corrected chi connectivity index (χ3v) is 5.57. The Morgan fingerprint density at radius 3 is 2.17 bits per heavy atom. The molecule has 1 N–H and O–H groups in total. The summed E-state index contributed by atoms with van der Waals surface area (Å²) in [6.07, 6.45) is 1.23. The fourth-order valence-corrected chi connectivity index (χ4v) is 3.82. The minimum Gasteiger partial charge on any atom is -0.497 e. The molecule has 2 heterocycles. The zero-order valence-electron chi connectivity index (χ0n) is 19.5. The number of ether oxygens (including phenoxy) is 3. The van der Waals surface area contributed by atoms with Crippen LogP contribution in [0.3, 0.4) is 0 Å². The van der Waals surface area contributed by atoms with Crippen LogP contribution in [-0.2, 0) is 16.1 Å². The van der Waals surface area contributed by atoms with Crippen LogP contribution in [0.15, 0.2) is 65.3 Å². The highest BCUT2D eigenvalue weighted by Gasteiger charge is 2.47. The Labute approximate surface area is 202 Å². The van der Waals surface area contributed by atoms with Crippen molar-refractivity contribution in [2.75, 3.05) is 31.5 Å². The summed E-state index contributed by atoms with van der Waals surface area (Å²) < 4.78 is 21.0. The molecule has 2 aromatic carbocycles. The summed E-state index contributed by atoms with van der Waals surface area (Å²) in [6.45, 7) is 0.0369. The van der Waals surface area contributed by atoms with Crippen molar-refractivity contribution >= 4 is 29.2 Å². The number of benzene rings is 2. The van der Waals surface area contributed by atoms with Crippen molar-refractivity contribution in [1.29, 1.82) is 0 Å². The first kappa shape index (κ1) is 23.7. The molecule has 1 aromatic heterocycles. The fraction of sp³-hybridized carbons (Fsp3) is 0.240. The molecule has 0 saturated carbocycles. The molecule has 0 aliphatic carbocycles. The minimum absolute atomic E-state index is 0.0369. The zero-order chi connectivity index (χ0) is 24.9. The van der Waals surface area contributed by atoms with E-state index >= 15 is 0 Å². The van der Waals surface area contributed by atoms with E-state index in [9.17, 15) is 14.4 Å². The van der Waals surface area contributed by atoms with E-state index in [0.29, 0.717) is 34.4 Å².